The summed E-state index contributed by atoms with van der Waals surface area (Å²) in [7, 11) is 1.61. The first-order valence-electron chi connectivity index (χ1n) is 6.98. The molecule has 6 nitrogen and oxygen atoms in total. The molecule has 0 radical (unpaired) electrons. The Hall–Kier alpha value is -1.24. The molecule has 0 aromatic heterocycles. The van der Waals surface area contributed by atoms with E-state index in [4.69, 9.17) is 14.6 Å². The van der Waals surface area contributed by atoms with Crippen molar-refractivity contribution < 1.29 is 19.4 Å². The maximum absolute atomic E-state index is 12.1. The summed E-state index contributed by atoms with van der Waals surface area (Å²) < 4.78 is 10.6. The molecule has 1 rings (SSSR count). The smallest absolute Gasteiger partial charge is 0.339 e. The van der Waals surface area contributed by atoms with E-state index in [0.717, 1.165) is 6.54 Å². The molecular formula is C14H24N2O4. The van der Waals surface area contributed by atoms with Gasteiger partial charge in [-0.15, -0.1) is 0 Å². The quantitative estimate of drug-likeness (QED) is 0.399. The maximum atomic E-state index is 12.1. The first-order valence-corrected chi connectivity index (χ1v) is 6.98. The van der Waals surface area contributed by atoms with E-state index in [9.17, 15) is 4.79 Å². The molecule has 1 heterocycles. The zero-order valence-corrected chi connectivity index (χ0v) is 12.2. The van der Waals surface area contributed by atoms with Crippen LogP contribution >= 0.6 is 0 Å². The molecule has 0 aromatic rings. The van der Waals surface area contributed by atoms with Gasteiger partial charge in [0.1, 0.15) is 6.61 Å². The number of carbonyl (C=O) groups is 1. The van der Waals surface area contributed by atoms with Gasteiger partial charge in [0.15, 0.2) is 0 Å². The van der Waals surface area contributed by atoms with Gasteiger partial charge in [-0.05, 0) is 6.42 Å². The van der Waals surface area contributed by atoms with Gasteiger partial charge < -0.3 is 19.9 Å². The van der Waals surface area contributed by atoms with Crippen LogP contribution in [0.3, 0.4) is 0 Å². The second kappa shape index (κ2) is 9.63. The molecule has 0 amide bonds. The third-order valence-electron chi connectivity index (χ3n) is 2.97. The maximum Gasteiger partial charge on any atom is 0.339 e. The van der Waals surface area contributed by atoms with Crippen molar-refractivity contribution in [3.8, 4) is 0 Å². The van der Waals surface area contributed by atoms with Crippen LogP contribution in [0.1, 0.15) is 19.8 Å². The highest BCUT2D eigenvalue weighted by molar-refractivity contribution is 6.19. The Morgan fingerprint density at radius 1 is 1.60 bits per heavy atom. The van der Waals surface area contributed by atoms with E-state index in [0.29, 0.717) is 37.3 Å². The fourth-order valence-electron chi connectivity index (χ4n) is 1.98. The lowest BCUT2D eigenvalue weighted by atomic mass is 10.1. The third-order valence-corrected chi connectivity index (χ3v) is 2.97. The number of esters is 1. The molecule has 0 unspecified atom stereocenters. The number of nitrogens with one attached hydrogen (secondary N) is 1. The van der Waals surface area contributed by atoms with E-state index in [1.54, 1.807) is 13.1 Å². The van der Waals surface area contributed by atoms with Crippen LogP contribution in [-0.4, -0.2) is 62.8 Å². The number of nitrogens with zero attached hydrogens (tertiary/aromatic N) is 1. The molecule has 114 valence electrons. The van der Waals surface area contributed by atoms with Crippen LogP contribution in [-0.2, 0) is 14.3 Å². The molecule has 0 bridgehead atoms. The van der Waals surface area contributed by atoms with Gasteiger partial charge in [-0.25, -0.2) is 4.79 Å². The Kier molecular flexibility index (Phi) is 8.10. The van der Waals surface area contributed by atoms with Gasteiger partial charge in [-0.1, -0.05) is 13.0 Å². The van der Waals surface area contributed by atoms with Gasteiger partial charge in [0.05, 0.1) is 30.5 Å². The van der Waals surface area contributed by atoms with Gasteiger partial charge >= 0.3 is 5.97 Å². The third kappa shape index (κ3) is 5.40. The van der Waals surface area contributed by atoms with Crippen molar-refractivity contribution in [2.75, 3.05) is 40.0 Å². The van der Waals surface area contributed by atoms with E-state index in [2.05, 4.69) is 10.3 Å². The molecule has 1 aliphatic heterocycles. The number of hydrogen-bond donors (Lipinski definition) is 2. The highest BCUT2D eigenvalue weighted by Crippen LogP contribution is 2.08. The lowest BCUT2D eigenvalue weighted by Gasteiger charge is -2.23. The summed E-state index contributed by atoms with van der Waals surface area (Å²) in [5.41, 5.74) is 1.02. The van der Waals surface area contributed by atoms with Crippen LogP contribution in [0.5, 0.6) is 0 Å². The Morgan fingerprint density at radius 2 is 2.40 bits per heavy atom. The predicted molar refractivity (Wildman–Crippen MR) is 77.0 cm³/mol. The average molecular weight is 284 g/mol. The average Bonchev–Trinajstić information content (AvgIpc) is 2.49. The molecule has 1 atom stereocenters. The van der Waals surface area contributed by atoms with Crippen molar-refractivity contribution in [1.29, 1.82) is 0 Å². The largest absolute Gasteiger partial charge is 0.460 e. The molecule has 1 aliphatic rings. The number of rotatable bonds is 7. The molecule has 0 aromatic carbocycles. The normalized spacial score (nSPS) is 20.9. The van der Waals surface area contributed by atoms with Gasteiger partial charge in [-0.2, -0.15) is 0 Å². The highest BCUT2D eigenvalue weighted by atomic mass is 16.5. The van der Waals surface area contributed by atoms with Gasteiger partial charge in [0, 0.05) is 26.6 Å². The Bertz CT molecular complexity index is 360. The number of aliphatic imine (C=N–C) groups is 1. The van der Waals surface area contributed by atoms with E-state index >= 15 is 0 Å². The molecular weight excluding hydrogens is 260 g/mol. The van der Waals surface area contributed by atoms with Crippen LogP contribution in [0.15, 0.2) is 16.6 Å². The number of aliphatic hydroxyl groups excluding tert-OH is 1. The summed E-state index contributed by atoms with van der Waals surface area (Å²) in [6, 6.07) is 0.0374. The molecule has 6 heteroatoms. The Morgan fingerprint density at radius 3 is 2.95 bits per heavy atom. The molecule has 0 saturated carbocycles. The lowest BCUT2D eigenvalue weighted by molar-refractivity contribution is -0.140. The van der Waals surface area contributed by atoms with Crippen molar-refractivity contribution in [2.24, 2.45) is 4.99 Å². The summed E-state index contributed by atoms with van der Waals surface area (Å²) in [5.74, 6) is -0.395. The minimum Gasteiger partial charge on any atom is -0.460 e. The number of allylic oxidation sites excluding steroid dienone is 1. The van der Waals surface area contributed by atoms with Crippen molar-refractivity contribution in [1.82, 2.24) is 5.32 Å². The summed E-state index contributed by atoms with van der Waals surface area (Å²) in [5, 5.41) is 12.2. The Balaban J connectivity index is 2.57. The minimum atomic E-state index is -0.395. The minimum absolute atomic E-state index is 0.0374. The number of ether oxygens (including phenoxy) is 2. The standard InChI is InChI=1S/C14H24N2O4/c1-3-4-12(13(15-2)5-7-17)14(18)20-10-11-9-19-8-6-16-11/h4,11,16-17H,3,5-10H2,1-2H3/b12-4+,15-13?/t11-/m1/s1. The molecule has 1 fully saturated rings. The van der Waals surface area contributed by atoms with Crippen molar-refractivity contribution in [3.05, 3.63) is 11.6 Å². The number of hydrogen-bond acceptors (Lipinski definition) is 6. The molecule has 20 heavy (non-hydrogen) atoms. The van der Waals surface area contributed by atoms with Crippen LogP contribution in [0.25, 0.3) is 0 Å². The first kappa shape index (κ1) is 16.8. The lowest BCUT2D eigenvalue weighted by Crippen LogP contribution is -2.44. The van der Waals surface area contributed by atoms with Crippen molar-refractivity contribution in [3.63, 3.8) is 0 Å². The number of carbonyl (C=O) groups excluding carboxylic acids is 1. The topological polar surface area (TPSA) is 80.2 Å². The predicted octanol–water partition coefficient (Wildman–Crippen LogP) is 0.308. The summed E-state index contributed by atoms with van der Waals surface area (Å²) in [6.45, 7) is 4.18. The zero-order valence-electron chi connectivity index (χ0n) is 12.2. The fourth-order valence-corrected chi connectivity index (χ4v) is 1.98. The van der Waals surface area contributed by atoms with Crippen LogP contribution < -0.4 is 5.32 Å². The van der Waals surface area contributed by atoms with E-state index < -0.39 is 5.97 Å². The van der Waals surface area contributed by atoms with E-state index in [-0.39, 0.29) is 19.3 Å². The number of morpholine rings is 1. The van der Waals surface area contributed by atoms with Crippen LogP contribution in [0, 0.1) is 0 Å². The second-order valence-corrected chi connectivity index (χ2v) is 4.49. The van der Waals surface area contributed by atoms with Gasteiger partial charge in [0.2, 0.25) is 0 Å². The Labute approximate surface area is 119 Å². The zero-order chi connectivity index (χ0) is 14.8. The molecule has 2 N–H and O–H groups in total. The summed E-state index contributed by atoms with van der Waals surface area (Å²) in [4.78, 5) is 16.2. The van der Waals surface area contributed by atoms with Crippen molar-refractivity contribution in [2.45, 2.75) is 25.8 Å². The van der Waals surface area contributed by atoms with Crippen LogP contribution in [0.2, 0.25) is 0 Å². The molecule has 0 spiro atoms. The molecule has 0 aliphatic carbocycles. The van der Waals surface area contributed by atoms with Crippen LogP contribution in [0.4, 0.5) is 0 Å². The second-order valence-electron chi connectivity index (χ2n) is 4.49. The van der Waals surface area contributed by atoms with Crippen molar-refractivity contribution >= 4 is 11.7 Å². The summed E-state index contributed by atoms with van der Waals surface area (Å²) in [6.07, 6.45) is 2.84. The molecule has 1 saturated heterocycles. The SMILES string of the molecule is CC/C=C(/C(=O)OC[C@H]1COCCN1)C(CCO)=NC. The fraction of sp³-hybridized carbons (Fsp3) is 0.714. The van der Waals surface area contributed by atoms with Gasteiger partial charge in [0.25, 0.3) is 0 Å². The number of aliphatic hydroxyl groups is 1. The van der Waals surface area contributed by atoms with Gasteiger partial charge in [-0.3, -0.25) is 4.99 Å². The van der Waals surface area contributed by atoms with E-state index in [1.807, 2.05) is 6.92 Å². The highest BCUT2D eigenvalue weighted by Gasteiger charge is 2.19. The first-order chi connectivity index (χ1) is 9.72. The van der Waals surface area contributed by atoms with E-state index in [1.165, 1.54) is 0 Å². The monoisotopic (exact) mass is 284 g/mol. The summed E-state index contributed by atoms with van der Waals surface area (Å²) >= 11 is 0.